The van der Waals surface area contributed by atoms with Crippen LogP contribution in [-0.4, -0.2) is 36.9 Å². The van der Waals surface area contributed by atoms with E-state index in [1.54, 1.807) is 25.2 Å². The van der Waals surface area contributed by atoms with E-state index >= 15 is 0 Å². The summed E-state index contributed by atoms with van der Waals surface area (Å²) in [6.45, 7) is 3.77. The molecule has 148 valence electrons. The molecule has 2 aromatic carbocycles. The number of nitrogens with zero attached hydrogens (tertiary/aromatic N) is 2. The number of nitrogens with one attached hydrogen (secondary N) is 3. The average Bonchev–Trinajstić information content (AvgIpc) is 2.72. The van der Waals surface area contributed by atoms with Crippen LogP contribution in [0.25, 0.3) is 0 Å². The number of benzene rings is 2. The molecule has 28 heavy (non-hydrogen) atoms. The van der Waals surface area contributed by atoms with Crippen LogP contribution in [-0.2, 0) is 13.0 Å². The van der Waals surface area contributed by atoms with Crippen molar-refractivity contribution >= 4 is 17.6 Å². The summed E-state index contributed by atoms with van der Waals surface area (Å²) in [5.74, 6) is 0.566. The Hall–Kier alpha value is -3.42. The minimum Gasteiger partial charge on any atom is -0.357 e. The predicted molar refractivity (Wildman–Crippen MR) is 109 cm³/mol. The first-order valence-electron chi connectivity index (χ1n) is 9.10. The number of nitro benzene ring substituents is 1. The molecule has 8 heteroatoms. The Morgan fingerprint density at radius 2 is 1.86 bits per heavy atom. The van der Waals surface area contributed by atoms with E-state index in [4.69, 9.17) is 0 Å². The van der Waals surface area contributed by atoms with E-state index < -0.39 is 4.92 Å². The van der Waals surface area contributed by atoms with Gasteiger partial charge in [-0.1, -0.05) is 24.3 Å². The summed E-state index contributed by atoms with van der Waals surface area (Å²) in [6, 6.07) is 13.9. The minimum absolute atomic E-state index is 0.0664. The number of hydrogen-bond donors (Lipinski definition) is 3. The van der Waals surface area contributed by atoms with E-state index in [9.17, 15) is 14.9 Å². The molecule has 2 rings (SSSR count). The SMILES string of the molecule is CCNC(=NCc1ccc([N+](=O)[O-])cc1)NCCc1cccc(C(=O)NC)c1. The highest BCUT2D eigenvalue weighted by Crippen LogP contribution is 2.12. The van der Waals surface area contributed by atoms with Gasteiger partial charge in [0.05, 0.1) is 11.5 Å². The minimum atomic E-state index is -0.419. The second-order valence-corrected chi connectivity index (χ2v) is 6.08. The van der Waals surface area contributed by atoms with Crippen LogP contribution in [0.15, 0.2) is 53.5 Å². The molecule has 0 saturated heterocycles. The smallest absolute Gasteiger partial charge is 0.269 e. The van der Waals surface area contributed by atoms with Crippen molar-refractivity contribution < 1.29 is 9.72 Å². The topological polar surface area (TPSA) is 109 Å². The molecular weight excluding hydrogens is 358 g/mol. The zero-order valence-corrected chi connectivity index (χ0v) is 16.1. The molecule has 0 saturated carbocycles. The molecule has 0 aliphatic rings. The van der Waals surface area contributed by atoms with Gasteiger partial charge < -0.3 is 16.0 Å². The summed E-state index contributed by atoms with van der Waals surface area (Å²) >= 11 is 0. The zero-order chi connectivity index (χ0) is 20.4. The second kappa shape index (κ2) is 10.7. The van der Waals surface area contributed by atoms with Gasteiger partial charge in [0.15, 0.2) is 5.96 Å². The lowest BCUT2D eigenvalue weighted by molar-refractivity contribution is -0.384. The molecule has 2 aromatic rings. The Balaban J connectivity index is 1.92. The maximum absolute atomic E-state index is 11.7. The largest absolute Gasteiger partial charge is 0.357 e. The molecule has 8 nitrogen and oxygen atoms in total. The van der Waals surface area contributed by atoms with E-state index in [1.807, 2.05) is 25.1 Å². The van der Waals surface area contributed by atoms with Crippen LogP contribution in [0.2, 0.25) is 0 Å². The van der Waals surface area contributed by atoms with E-state index in [0.717, 1.165) is 24.1 Å². The van der Waals surface area contributed by atoms with Gasteiger partial charge in [0.1, 0.15) is 0 Å². The summed E-state index contributed by atoms with van der Waals surface area (Å²) in [7, 11) is 1.61. The van der Waals surface area contributed by atoms with Gasteiger partial charge >= 0.3 is 0 Å². The molecule has 0 radical (unpaired) electrons. The van der Waals surface area contributed by atoms with E-state index in [0.29, 0.717) is 24.6 Å². The molecule has 0 bridgehead atoms. The van der Waals surface area contributed by atoms with Crippen LogP contribution in [0.1, 0.15) is 28.4 Å². The standard InChI is InChI=1S/C20H25N5O3/c1-3-22-20(24-14-16-7-9-18(10-8-16)25(27)28)23-12-11-15-5-4-6-17(13-15)19(26)21-2/h4-10,13H,3,11-12,14H2,1-2H3,(H,21,26)(H2,22,23,24). The maximum atomic E-state index is 11.7. The first-order chi connectivity index (χ1) is 13.5. The molecule has 0 spiro atoms. The van der Waals surface area contributed by atoms with Crippen molar-refractivity contribution in [2.24, 2.45) is 4.99 Å². The first-order valence-corrected chi connectivity index (χ1v) is 9.10. The molecule has 0 atom stereocenters. The lowest BCUT2D eigenvalue weighted by atomic mass is 10.1. The summed E-state index contributed by atoms with van der Waals surface area (Å²) in [5, 5.41) is 19.8. The number of carbonyl (C=O) groups excluding carboxylic acids is 1. The fourth-order valence-corrected chi connectivity index (χ4v) is 2.57. The number of aliphatic imine (C=N–C) groups is 1. The van der Waals surface area contributed by atoms with Gasteiger partial charge in [-0.25, -0.2) is 4.99 Å². The Bertz CT molecular complexity index is 834. The summed E-state index contributed by atoms with van der Waals surface area (Å²) in [4.78, 5) is 26.5. The lowest BCUT2D eigenvalue weighted by Crippen LogP contribution is -2.38. The Morgan fingerprint density at radius 3 is 2.50 bits per heavy atom. The monoisotopic (exact) mass is 383 g/mol. The molecular formula is C20H25N5O3. The van der Waals surface area contributed by atoms with Crippen LogP contribution in [0.5, 0.6) is 0 Å². The van der Waals surface area contributed by atoms with Crippen molar-refractivity contribution in [3.8, 4) is 0 Å². The Labute approximate surface area is 164 Å². The van der Waals surface area contributed by atoms with Crippen LogP contribution < -0.4 is 16.0 Å². The number of amides is 1. The van der Waals surface area contributed by atoms with Crippen molar-refractivity contribution in [1.29, 1.82) is 0 Å². The van der Waals surface area contributed by atoms with E-state index in [1.165, 1.54) is 12.1 Å². The van der Waals surface area contributed by atoms with Gasteiger partial charge in [0, 0.05) is 37.8 Å². The van der Waals surface area contributed by atoms with Crippen molar-refractivity contribution in [3.05, 3.63) is 75.3 Å². The highest BCUT2D eigenvalue weighted by Gasteiger charge is 2.05. The molecule has 0 heterocycles. The van der Waals surface area contributed by atoms with Gasteiger partial charge in [-0.05, 0) is 36.6 Å². The Morgan fingerprint density at radius 1 is 1.11 bits per heavy atom. The Kier molecular flexibility index (Phi) is 7.95. The van der Waals surface area contributed by atoms with E-state index in [-0.39, 0.29) is 11.6 Å². The van der Waals surface area contributed by atoms with Gasteiger partial charge in [-0.15, -0.1) is 0 Å². The number of carbonyl (C=O) groups is 1. The highest BCUT2D eigenvalue weighted by atomic mass is 16.6. The number of guanidine groups is 1. The van der Waals surface area contributed by atoms with Crippen molar-refractivity contribution in [2.45, 2.75) is 19.9 Å². The van der Waals surface area contributed by atoms with Crippen LogP contribution in [0, 0.1) is 10.1 Å². The maximum Gasteiger partial charge on any atom is 0.269 e. The van der Waals surface area contributed by atoms with E-state index in [2.05, 4.69) is 20.9 Å². The first kappa shape index (κ1) is 20.9. The molecule has 0 fully saturated rings. The third-order valence-corrected chi connectivity index (χ3v) is 4.03. The summed E-state index contributed by atoms with van der Waals surface area (Å²) in [5.41, 5.74) is 2.65. The molecule has 1 amide bonds. The van der Waals surface area contributed by atoms with Crippen LogP contribution >= 0.6 is 0 Å². The summed E-state index contributed by atoms with van der Waals surface area (Å²) < 4.78 is 0. The average molecular weight is 383 g/mol. The molecule has 3 N–H and O–H groups in total. The van der Waals surface area contributed by atoms with Crippen molar-refractivity contribution in [3.63, 3.8) is 0 Å². The number of non-ortho nitro benzene ring substituents is 1. The van der Waals surface area contributed by atoms with Gasteiger partial charge in [-0.2, -0.15) is 0 Å². The number of nitro groups is 1. The predicted octanol–water partition coefficient (Wildman–Crippen LogP) is 2.25. The van der Waals surface area contributed by atoms with Crippen LogP contribution in [0.4, 0.5) is 5.69 Å². The third kappa shape index (κ3) is 6.39. The highest BCUT2D eigenvalue weighted by molar-refractivity contribution is 5.94. The fraction of sp³-hybridized carbons (Fsp3) is 0.300. The molecule has 0 aliphatic heterocycles. The van der Waals surface area contributed by atoms with Gasteiger partial charge in [0.25, 0.3) is 11.6 Å². The van der Waals surface area contributed by atoms with Crippen molar-refractivity contribution in [1.82, 2.24) is 16.0 Å². The van der Waals surface area contributed by atoms with Gasteiger partial charge in [0.2, 0.25) is 0 Å². The number of rotatable bonds is 8. The lowest BCUT2D eigenvalue weighted by Gasteiger charge is -2.12. The molecule has 0 unspecified atom stereocenters. The van der Waals surface area contributed by atoms with Crippen molar-refractivity contribution in [2.75, 3.05) is 20.1 Å². The zero-order valence-electron chi connectivity index (χ0n) is 16.1. The summed E-state index contributed by atoms with van der Waals surface area (Å²) in [6.07, 6.45) is 0.743. The molecule has 0 aromatic heterocycles. The fourth-order valence-electron chi connectivity index (χ4n) is 2.57. The number of hydrogen-bond acceptors (Lipinski definition) is 4. The van der Waals surface area contributed by atoms with Crippen LogP contribution in [0.3, 0.4) is 0 Å². The second-order valence-electron chi connectivity index (χ2n) is 6.08. The third-order valence-electron chi connectivity index (χ3n) is 4.03. The normalized spacial score (nSPS) is 11.0. The van der Waals surface area contributed by atoms with Gasteiger partial charge in [-0.3, -0.25) is 14.9 Å². The quantitative estimate of drug-likeness (QED) is 0.280. The molecule has 0 aliphatic carbocycles.